The lowest BCUT2D eigenvalue weighted by atomic mass is 9.96. The van der Waals surface area contributed by atoms with Gasteiger partial charge in [0.25, 0.3) is 0 Å². The van der Waals surface area contributed by atoms with E-state index in [-0.39, 0.29) is 24.2 Å². The Balaban J connectivity index is 1.68. The fourth-order valence-electron chi connectivity index (χ4n) is 3.24. The SMILES string of the molecule is COc1cc(C(=S)N2CCC(C(N)=O)CC2)ccc1OCc1ccccc1F. The van der Waals surface area contributed by atoms with Gasteiger partial charge in [0, 0.05) is 30.1 Å². The van der Waals surface area contributed by atoms with Crippen molar-refractivity contribution in [1.29, 1.82) is 0 Å². The molecule has 28 heavy (non-hydrogen) atoms. The van der Waals surface area contributed by atoms with Crippen molar-refractivity contribution in [2.24, 2.45) is 11.7 Å². The van der Waals surface area contributed by atoms with Crippen LogP contribution in [0.5, 0.6) is 11.5 Å². The minimum Gasteiger partial charge on any atom is -0.493 e. The first kappa shape index (κ1) is 20.1. The molecule has 1 aliphatic rings. The van der Waals surface area contributed by atoms with Crippen molar-refractivity contribution >= 4 is 23.1 Å². The molecule has 1 amide bonds. The maximum Gasteiger partial charge on any atom is 0.220 e. The third-order valence-electron chi connectivity index (χ3n) is 4.94. The number of thiocarbonyl (C=S) groups is 1. The highest BCUT2D eigenvalue weighted by atomic mass is 32.1. The summed E-state index contributed by atoms with van der Waals surface area (Å²) < 4.78 is 24.9. The first-order chi connectivity index (χ1) is 13.5. The number of amides is 1. The van der Waals surface area contributed by atoms with Crippen molar-refractivity contribution in [3.8, 4) is 11.5 Å². The summed E-state index contributed by atoms with van der Waals surface area (Å²) in [6.07, 6.45) is 1.41. The van der Waals surface area contributed by atoms with Gasteiger partial charge >= 0.3 is 0 Å². The van der Waals surface area contributed by atoms with E-state index in [1.54, 1.807) is 31.4 Å². The zero-order valence-electron chi connectivity index (χ0n) is 15.7. The smallest absolute Gasteiger partial charge is 0.220 e. The van der Waals surface area contributed by atoms with Gasteiger partial charge in [-0.3, -0.25) is 4.79 Å². The number of piperidine rings is 1. The number of methoxy groups -OCH3 is 1. The van der Waals surface area contributed by atoms with E-state index in [9.17, 15) is 9.18 Å². The van der Waals surface area contributed by atoms with Crippen molar-refractivity contribution in [3.05, 3.63) is 59.4 Å². The van der Waals surface area contributed by atoms with Crippen LogP contribution in [0.4, 0.5) is 4.39 Å². The maximum absolute atomic E-state index is 13.8. The molecule has 0 unspecified atom stereocenters. The van der Waals surface area contributed by atoms with Crippen LogP contribution in [-0.4, -0.2) is 36.0 Å². The molecule has 0 aliphatic carbocycles. The number of nitrogens with zero attached hydrogens (tertiary/aromatic N) is 1. The van der Waals surface area contributed by atoms with E-state index in [1.165, 1.54) is 6.07 Å². The second kappa shape index (κ2) is 9.01. The van der Waals surface area contributed by atoms with Gasteiger partial charge < -0.3 is 20.1 Å². The average molecular weight is 402 g/mol. The zero-order valence-corrected chi connectivity index (χ0v) is 16.5. The van der Waals surface area contributed by atoms with Crippen LogP contribution in [0.2, 0.25) is 0 Å². The molecular weight excluding hydrogens is 379 g/mol. The number of nitrogens with two attached hydrogens (primary N) is 1. The first-order valence-corrected chi connectivity index (χ1v) is 9.53. The molecule has 0 radical (unpaired) electrons. The molecule has 2 aromatic rings. The normalized spacial score (nSPS) is 14.6. The molecule has 2 N–H and O–H groups in total. The largest absolute Gasteiger partial charge is 0.493 e. The molecule has 0 spiro atoms. The van der Waals surface area contributed by atoms with Crippen molar-refractivity contribution in [2.75, 3.05) is 20.2 Å². The predicted octanol–water partition coefficient (Wildman–Crippen LogP) is 3.29. The number of halogens is 1. The summed E-state index contributed by atoms with van der Waals surface area (Å²) in [5, 5.41) is 0. The van der Waals surface area contributed by atoms with E-state index < -0.39 is 0 Å². The lowest BCUT2D eigenvalue weighted by molar-refractivity contribution is -0.122. The standard InChI is InChI=1S/C21H23FN2O3S/c1-26-19-12-15(21(28)24-10-8-14(9-11-24)20(23)25)6-7-18(19)27-13-16-4-2-3-5-17(16)22/h2-7,12,14H,8-11,13H2,1H3,(H2,23,25). The Bertz CT molecular complexity index is 866. The van der Waals surface area contributed by atoms with E-state index in [1.807, 2.05) is 12.1 Å². The van der Waals surface area contributed by atoms with Gasteiger partial charge in [0.1, 0.15) is 17.4 Å². The summed E-state index contributed by atoms with van der Waals surface area (Å²) in [6, 6.07) is 11.9. The summed E-state index contributed by atoms with van der Waals surface area (Å²) in [7, 11) is 1.55. The van der Waals surface area contributed by atoms with Gasteiger partial charge in [-0.2, -0.15) is 0 Å². The summed E-state index contributed by atoms with van der Waals surface area (Å²) in [5.41, 5.74) is 6.70. The molecule has 0 atom stereocenters. The third-order valence-corrected chi connectivity index (χ3v) is 5.43. The Hall–Kier alpha value is -2.67. The summed E-state index contributed by atoms with van der Waals surface area (Å²) >= 11 is 5.62. The van der Waals surface area contributed by atoms with Gasteiger partial charge in [-0.05, 0) is 37.1 Å². The molecule has 5 nitrogen and oxygen atoms in total. The number of hydrogen-bond acceptors (Lipinski definition) is 4. The number of primary amides is 1. The monoisotopic (exact) mass is 402 g/mol. The van der Waals surface area contributed by atoms with Gasteiger partial charge in [0.15, 0.2) is 11.5 Å². The molecule has 1 heterocycles. The highest BCUT2D eigenvalue weighted by Gasteiger charge is 2.25. The summed E-state index contributed by atoms with van der Waals surface area (Å²) in [6.45, 7) is 1.49. The molecule has 2 aromatic carbocycles. The highest BCUT2D eigenvalue weighted by Crippen LogP contribution is 2.30. The van der Waals surface area contributed by atoms with Crippen LogP contribution in [-0.2, 0) is 11.4 Å². The highest BCUT2D eigenvalue weighted by molar-refractivity contribution is 7.80. The predicted molar refractivity (Wildman–Crippen MR) is 109 cm³/mol. The Morgan fingerprint density at radius 3 is 2.57 bits per heavy atom. The molecule has 1 fully saturated rings. The number of carbonyl (C=O) groups excluding carboxylic acids is 1. The van der Waals surface area contributed by atoms with Gasteiger partial charge in [-0.15, -0.1) is 0 Å². The third kappa shape index (κ3) is 4.59. The Morgan fingerprint density at radius 1 is 1.21 bits per heavy atom. The molecule has 1 saturated heterocycles. The Labute approximate surface area is 169 Å². The number of ether oxygens (including phenoxy) is 2. The fourth-order valence-corrected chi connectivity index (χ4v) is 3.55. The minimum absolute atomic E-state index is 0.0808. The lowest BCUT2D eigenvalue weighted by Gasteiger charge is -2.32. The van der Waals surface area contributed by atoms with Gasteiger partial charge in [0.05, 0.1) is 7.11 Å². The first-order valence-electron chi connectivity index (χ1n) is 9.12. The second-order valence-corrected chi connectivity index (χ2v) is 7.10. The van der Waals surface area contributed by atoms with E-state index in [0.29, 0.717) is 48.0 Å². The quantitative estimate of drug-likeness (QED) is 0.752. The van der Waals surface area contributed by atoms with Crippen LogP contribution in [0.1, 0.15) is 24.0 Å². The van der Waals surface area contributed by atoms with Gasteiger partial charge in [-0.25, -0.2) is 4.39 Å². The zero-order chi connectivity index (χ0) is 20.1. The molecule has 7 heteroatoms. The van der Waals surface area contributed by atoms with Gasteiger partial charge in [0.2, 0.25) is 5.91 Å². The molecule has 0 bridgehead atoms. The fraction of sp³-hybridized carbons (Fsp3) is 0.333. The van der Waals surface area contributed by atoms with Gasteiger partial charge in [-0.1, -0.05) is 30.4 Å². The van der Waals surface area contributed by atoms with Crippen LogP contribution in [0.25, 0.3) is 0 Å². The van der Waals surface area contributed by atoms with Crippen molar-refractivity contribution in [2.45, 2.75) is 19.4 Å². The van der Waals surface area contributed by atoms with E-state index in [2.05, 4.69) is 4.90 Å². The topological polar surface area (TPSA) is 64.8 Å². The van der Waals surface area contributed by atoms with Crippen LogP contribution < -0.4 is 15.2 Å². The summed E-state index contributed by atoms with van der Waals surface area (Å²) in [5.74, 6) is 0.415. The van der Waals surface area contributed by atoms with Crippen molar-refractivity contribution in [1.82, 2.24) is 4.90 Å². The molecule has 0 saturated carbocycles. The van der Waals surface area contributed by atoms with Crippen LogP contribution >= 0.6 is 12.2 Å². The van der Waals surface area contributed by atoms with E-state index in [4.69, 9.17) is 27.4 Å². The van der Waals surface area contributed by atoms with Crippen LogP contribution in [0, 0.1) is 11.7 Å². The number of benzene rings is 2. The van der Waals surface area contributed by atoms with Crippen LogP contribution in [0.15, 0.2) is 42.5 Å². The Morgan fingerprint density at radius 2 is 1.93 bits per heavy atom. The number of carbonyl (C=O) groups is 1. The summed E-state index contributed by atoms with van der Waals surface area (Å²) in [4.78, 5) is 14.1. The number of hydrogen-bond donors (Lipinski definition) is 1. The van der Waals surface area contributed by atoms with E-state index in [0.717, 1.165) is 5.56 Å². The molecule has 148 valence electrons. The number of rotatable bonds is 6. The van der Waals surface area contributed by atoms with Crippen molar-refractivity contribution < 1.29 is 18.7 Å². The van der Waals surface area contributed by atoms with Crippen molar-refractivity contribution in [3.63, 3.8) is 0 Å². The number of likely N-dealkylation sites (tertiary alicyclic amines) is 1. The minimum atomic E-state index is -0.307. The lowest BCUT2D eigenvalue weighted by Crippen LogP contribution is -2.41. The maximum atomic E-state index is 13.8. The molecule has 1 aliphatic heterocycles. The van der Waals surface area contributed by atoms with Crippen LogP contribution in [0.3, 0.4) is 0 Å². The molecular formula is C21H23FN2O3S. The molecule has 3 rings (SSSR count). The second-order valence-electron chi connectivity index (χ2n) is 6.71. The Kier molecular flexibility index (Phi) is 6.46. The van der Waals surface area contributed by atoms with E-state index >= 15 is 0 Å². The molecule has 0 aromatic heterocycles. The average Bonchev–Trinajstić information content (AvgIpc) is 2.72.